The topological polar surface area (TPSA) is 66.5 Å². The third-order valence-electron chi connectivity index (χ3n) is 5.27. The van der Waals surface area contributed by atoms with Crippen LogP contribution in [0.4, 0.5) is 24.5 Å². The molecule has 0 aromatic heterocycles. The van der Waals surface area contributed by atoms with E-state index in [0.29, 0.717) is 16.8 Å². The summed E-state index contributed by atoms with van der Waals surface area (Å²) >= 11 is 0. The lowest BCUT2D eigenvalue weighted by Gasteiger charge is -2.32. The van der Waals surface area contributed by atoms with Crippen LogP contribution in [0.25, 0.3) is 11.1 Å². The molecule has 0 radical (unpaired) electrons. The summed E-state index contributed by atoms with van der Waals surface area (Å²) in [5.41, 5.74) is 1.97. The van der Waals surface area contributed by atoms with Gasteiger partial charge in [0.25, 0.3) is 10.0 Å². The van der Waals surface area contributed by atoms with Crippen LogP contribution in [0.2, 0.25) is 0 Å². The van der Waals surface area contributed by atoms with Gasteiger partial charge < -0.3 is 5.32 Å². The first kappa shape index (κ1) is 21.9. The third kappa shape index (κ3) is 3.95. The SMILES string of the molecule is CCc1ccc2c(c1)-c1ccccc1S(=O)(=O)N2CC(=O)Nc1ccc(C(F)(F)F)cc1. The number of amides is 1. The van der Waals surface area contributed by atoms with Gasteiger partial charge in [-0.25, -0.2) is 8.42 Å². The van der Waals surface area contributed by atoms with Crippen molar-refractivity contribution in [1.82, 2.24) is 0 Å². The number of fused-ring (bicyclic) bond motifs is 3. The number of aryl methyl sites for hydroxylation is 1. The number of nitrogens with one attached hydrogen (secondary N) is 1. The number of nitrogens with zero attached hydrogens (tertiary/aromatic N) is 1. The first-order valence-corrected chi connectivity index (χ1v) is 11.3. The van der Waals surface area contributed by atoms with Crippen molar-refractivity contribution in [3.8, 4) is 11.1 Å². The molecule has 9 heteroatoms. The van der Waals surface area contributed by atoms with Crippen molar-refractivity contribution in [3.63, 3.8) is 0 Å². The van der Waals surface area contributed by atoms with E-state index in [-0.39, 0.29) is 10.6 Å². The van der Waals surface area contributed by atoms with Crippen LogP contribution in [0.3, 0.4) is 0 Å². The number of sulfonamides is 1. The smallest absolute Gasteiger partial charge is 0.325 e. The number of halogens is 3. The van der Waals surface area contributed by atoms with Gasteiger partial charge in [-0.2, -0.15) is 13.2 Å². The number of carbonyl (C=O) groups excluding carboxylic acids is 1. The fourth-order valence-corrected chi connectivity index (χ4v) is 5.29. The molecule has 32 heavy (non-hydrogen) atoms. The second-order valence-electron chi connectivity index (χ2n) is 7.34. The minimum Gasteiger partial charge on any atom is -0.325 e. The van der Waals surface area contributed by atoms with Crippen LogP contribution in [0.15, 0.2) is 71.6 Å². The van der Waals surface area contributed by atoms with Gasteiger partial charge in [-0.05, 0) is 54.4 Å². The first-order chi connectivity index (χ1) is 15.1. The summed E-state index contributed by atoms with van der Waals surface area (Å²) in [5, 5.41) is 2.47. The molecule has 5 nitrogen and oxygen atoms in total. The zero-order valence-corrected chi connectivity index (χ0v) is 17.8. The van der Waals surface area contributed by atoms with Gasteiger partial charge in [-0.15, -0.1) is 0 Å². The number of hydrogen-bond acceptors (Lipinski definition) is 3. The second kappa shape index (κ2) is 7.98. The Hall–Kier alpha value is -3.33. The molecule has 0 atom stereocenters. The van der Waals surface area contributed by atoms with E-state index in [1.165, 1.54) is 6.07 Å². The minimum atomic E-state index is -4.49. The molecule has 4 rings (SSSR count). The molecule has 0 bridgehead atoms. The highest BCUT2D eigenvalue weighted by Crippen LogP contribution is 2.43. The Labute approximate surface area is 183 Å². The third-order valence-corrected chi connectivity index (χ3v) is 7.08. The summed E-state index contributed by atoms with van der Waals surface area (Å²) < 4.78 is 65.8. The van der Waals surface area contributed by atoms with Crippen LogP contribution >= 0.6 is 0 Å². The molecule has 1 amide bonds. The summed E-state index contributed by atoms with van der Waals surface area (Å²) in [7, 11) is -4.01. The highest BCUT2D eigenvalue weighted by molar-refractivity contribution is 7.93. The Morgan fingerprint density at radius 1 is 0.969 bits per heavy atom. The van der Waals surface area contributed by atoms with Crippen molar-refractivity contribution in [1.29, 1.82) is 0 Å². The molecule has 1 N–H and O–H groups in total. The van der Waals surface area contributed by atoms with Crippen molar-refractivity contribution >= 4 is 27.3 Å². The van der Waals surface area contributed by atoms with E-state index in [0.717, 1.165) is 40.6 Å². The maximum absolute atomic E-state index is 13.3. The van der Waals surface area contributed by atoms with Crippen molar-refractivity contribution < 1.29 is 26.4 Å². The Morgan fingerprint density at radius 3 is 2.31 bits per heavy atom. The molecule has 0 fully saturated rings. The standard InChI is InChI=1S/C23H19F3N2O3S/c1-2-15-7-12-20-19(13-15)18-5-3-4-6-21(18)32(30,31)28(20)14-22(29)27-17-10-8-16(9-11-17)23(24,25)26/h3-13H,2,14H2,1H3,(H,27,29). The van der Waals surface area contributed by atoms with E-state index in [1.807, 2.05) is 19.1 Å². The quantitative estimate of drug-likeness (QED) is 0.590. The number of hydrogen-bond donors (Lipinski definition) is 1. The van der Waals surface area contributed by atoms with E-state index in [4.69, 9.17) is 0 Å². The summed E-state index contributed by atoms with van der Waals surface area (Å²) in [5.74, 6) is -0.668. The average Bonchev–Trinajstić information content (AvgIpc) is 2.76. The summed E-state index contributed by atoms with van der Waals surface area (Å²) in [6.07, 6.45) is -3.73. The number of carbonyl (C=O) groups is 1. The van der Waals surface area contributed by atoms with Crippen LogP contribution in [-0.2, 0) is 27.4 Å². The summed E-state index contributed by atoms with van der Waals surface area (Å²) in [6.45, 7) is 1.47. The van der Waals surface area contributed by atoms with Crippen LogP contribution < -0.4 is 9.62 Å². The Balaban J connectivity index is 1.66. The average molecular weight is 460 g/mol. The molecule has 0 aliphatic carbocycles. The van der Waals surface area contributed by atoms with Crippen LogP contribution in [0.1, 0.15) is 18.1 Å². The van der Waals surface area contributed by atoms with Gasteiger partial charge in [-0.3, -0.25) is 9.10 Å². The summed E-state index contributed by atoms with van der Waals surface area (Å²) in [6, 6.07) is 15.9. The lowest BCUT2D eigenvalue weighted by atomic mass is 9.99. The van der Waals surface area contributed by atoms with Gasteiger partial charge in [0.05, 0.1) is 16.1 Å². The fraction of sp³-hybridized carbons (Fsp3) is 0.174. The predicted octanol–water partition coefficient (Wildman–Crippen LogP) is 5.08. The van der Waals surface area contributed by atoms with Crippen molar-refractivity contribution in [3.05, 3.63) is 77.9 Å². The molecule has 1 aliphatic rings. The normalized spacial score (nSPS) is 14.4. The van der Waals surface area contributed by atoms with Crippen LogP contribution in [0.5, 0.6) is 0 Å². The highest BCUT2D eigenvalue weighted by atomic mass is 32.2. The molecular weight excluding hydrogens is 441 g/mol. The van der Waals surface area contributed by atoms with Gasteiger partial charge in [-0.1, -0.05) is 31.2 Å². The number of rotatable bonds is 4. The van der Waals surface area contributed by atoms with E-state index < -0.39 is 34.2 Å². The maximum Gasteiger partial charge on any atom is 0.416 e. The van der Waals surface area contributed by atoms with E-state index in [2.05, 4.69) is 5.32 Å². The first-order valence-electron chi connectivity index (χ1n) is 9.83. The van der Waals surface area contributed by atoms with Gasteiger partial charge >= 0.3 is 6.18 Å². The zero-order valence-electron chi connectivity index (χ0n) is 17.0. The van der Waals surface area contributed by atoms with Gasteiger partial charge in [0.1, 0.15) is 6.54 Å². The summed E-state index contributed by atoms with van der Waals surface area (Å²) in [4.78, 5) is 12.8. The molecule has 0 unspecified atom stereocenters. The molecular formula is C23H19F3N2O3S. The van der Waals surface area contributed by atoms with Crippen LogP contribution in [-0.4, -0.2) is 20.9 Å². The fourth-order valence-electron chi connectivity index (χ4n) is 3.64. The van der Waals surface area contributed by atoms with Gasteiger partial charge in [0, 0.05) is 16.8 Å². The van der Waals surface area contributed by atoms with Gasteiger partial charge in [0.15, 0.2) is 0 Å². The largest absolute Gasteiger partial charge is 0.416 e. The Morgan fingerprint density at radius 2 is 1.66 bits per heavy atom. The van der Waals surface area contributed by atoms with E-state index in [9.17, 15) is 26.4 Å². The molecule has 3 aromatic rings. The minimum absolute atomic E-state index is 0.100. The molecule has 0 saturated carbocycles. The van der Waals surface area contributed by atoms with E-state index in [1.54, 1.807) is 24.3 Å². The predicted molar refractivity (Wildman–Crippen MR) is 116 cm³/mol. The lowest BCUT2D eigenvalue weighted by molar-refractivity contribution is -0.137. The zero-order chi connectivity index (χ0) is 23.1. The Bertz CT molecular complexity index is 1290. The highest BCUT2D eigenvalue weighted by Gasteiger charge is 2.36. The number of benzene rings is 3. The molecule has 3 aromatic carbocycles. The molecule has 0 saturated heterocycles. The number of anilines is 2. The Kier molecular flexibility index (Phi) is 5.46. The molecule has 0 spiro atoms. The second-order valence-corrected chi connectivity index (χ2v) is 9.17. The lowest BCUT2D eigenvalue weighted by Crippen LogP contribution is -2.40. The molecule has 166 valence electrons. The number of alkyl halides is 3. The van der Waals surface area contributed by atoms with Crippen LogP contribution in [0, 0.1) is 0 Å². The van der Waals surface area contributed by atoms with Crippen molar-refractivity contribution in [2.75, 3.05) is 16.2 Å². The van der Waals surface area contributed by atoms with Crippen molar-refractivity contribution in [2.45, 2.75) is 24.4 Å². The maximum atomic E-state index is 13.3. The monoisotopic (exact) mass is 460 g/mol. The molecule has 1 aliphatic heterocycles. The van der Waals surface area contributed by atoms with Crippen molar-refractivity contribution in [2.24, 2.45) is 0 Å². The van der Waals surface area contributed by atoms with Gasteiger partial charge in [0.2, 0.25) is 5.91 Å². The molecule has 1 heterocycles. The van der Waals surface area contributed by atoms with E-state index >= 15 is 0 Å².